The van der Waals surface area contributed by atoms with E-state index in [0.717, 1.165) is 6.20 Å². The van der Waals surface area contributed by atoms with Crippen molar-refractivity contribution in [1.29, 1.82) is 0 Å². The first-order valence-electron chi connectivity index (χ1n) is 5.92. The van der Waals surface area contributed by atoms with Gasteiger partial charge in [-0.15, -0.1) is 0 Å². The summed E-state index contributed by atoms with van der Waals surface area (Å²) in [6.45, 7) is 0.523. The summed E-state index contributed by atoms with van der Waals surface area (Å²) in [5.41, 5.74) is -0.244. The molecule has 0 aromatic carbocycles. The number of halogens is 3. The predicted octanol–water partition coefficient (Wildman–Crippen LogP) is 1.85. The summed E-state index contributed by atoms with van der Waals surface area (Å²) < 4.78 is 39.0. The van der Waals surface area contributed by atoms with Gasteiger partial charge >= 0.3 is 6.18 Å². The van der Waals surface area contributed by atoms with Crippen LogP contribution in [-0.2, 0) is 13.2 Å². The van der Waals surface area contributed by atoms with E-state index >= 15 is 0 Å². The first kappa shape index (κ1) is 14.4. The van der Waals surface area contributed by atoms with Gasteiger partial charge in [0.2, 0.25) is 12.5 Å². The number of alkyl halides is 3. The van der Waals surface area contributed by atoms with Crippen LogP contribution in [0, 0.1) is 10.1 Å². The predicted molar refractivity (Wildman–Crippen MR) is 65.0 cm³/mol. The van der Waals surface area contributed by atoms with Crippen LogP contribution in [0.25, 0.3) is 0 Å². The van der Waals surface area contributed by atoms with Crippen LogP contribution in [0.2, 0.25) is 0 Å². The number of nitrogens with zero attached hydrogens (tertiary/aromatic N) is 4. The third kappa shape index (κ3) is 3.09. The maximum Gasteiger partial charge on any atom is 0.434 e. The highest BCUT2D eigenvalue weighted by atomic mass is 19.4. The van der Waals surface area contributed by atoms with Crippen LogP contribution < -0.4 is 4.90 Å². The number of hydrogen-bond acceptors (Lipinski definition) is 4. The van der Waals surface area contributed by atoms with Gasteiger partial charge in [-0.25, -0.2) is 4.98 Å². The van der Waals surface area contributed by atoms with Gasteiger partial charge < -0.3 is 9.47 Å². The summed E-state index contributed by atoms with van der Waals surface area (Å²) in [6, 6.07) is 0. The zero-order valence-electron chi connectivity index (χ0n) is 10.7. The zero-order valence-corrected chi connectivity index (χ0v) is 10.7. The van der Waals surface area contributed by atoms with E-state index in [4.69, 9.17) is 0 Å². The van der Waals surface area contributed by atoms with Gasteiger partial charge in [0.1, 0.15) is 0 Å². The molecule has 0 spiro atoms. The van der Waals surface area contributed by atoms with Crippen molar-refractivity contribution in [3.63, 3.8) is 0 Å². The molecule has 0 fully saturated rings. The lowest BCUT2D eigenvalue weighted by atomic mass is 10.1. The molecule has 0 radical (unpaired) electrons. The van der Waals surface area contributed by atoms with Crippen molar-refractivity contribution in [2.24, 2.45) is 7.05 Å². The second-order valence-electron chi connectivity index (χ2n) is 4.58. The van der Waals surface area contributed by atoms with Crippen molar-refractivity contribution in [3.05, 3.63) is 33.7 Å². The van der Waals surface area contributed by atoms with Crippen molar-refractivity contribution in [2.75, 3.05) is 24.5 Å². The molecule has 1 aliphatic rings. The summed E-state index contributed by atoms with van der Waals surface area (Å²) in [7, 11) is 1.49. The molecule has 0 aliphatic carbocycles. The Morgan fingerprint density at radius 1 is 1.50 bits per heavy atom. The van der Waals surface area contributed by atoms with Crippen LogP contribution in [-0.4, -0.2) is 34.1 Å². The van der Waals surface area contributed by atoms with Crippen molar-refractivity contribution < 1.29 is 18.1 Å². The molecule has 9 heteroatoms. The largest absolute Gasteiger partial charge is 0.434 e. The molecule has 1 aliphatic heterocycles. The molecule has 110 valence electrons. The number of imidazole rings is 1. The van der Waals surface area contributed by atoms with E-state index < -0.39 is 16.8 Å². The molecule has 1 aromatic rings. The average molecular weight is 290 g/mol. The quantitative estimate of drug-likeness (QED) is 0.484. The second kappa shape index (κ2) is 5.14. The maximum atomic E-state index is 12.6. The first-order valence-corrected chi connectivity index (χ1v) is 5.92. The number of anilines is 1. The fourth-order valence-corrected chi connectivity index (χ4v) is 2.09. The summed E-state index contributed by atoms with van der Waals surface area (Å²) in [4.78, 5) is 15.2. The molecule has 2 heterocycles. The molecule has 0 saturated heterocycles. The van der Waals surface area contributed by atoms with E-state index in [1.165, 1.54) is 11.6 Å². The Balaban J connectivity index is 2.13. The van der Waals surface area contributed by atoms with E-state index in [2.05, 4.69) is 4.98 Å². The zero-order chi connectivity index (χ0) is 14.9. The van der Waals surface area contributed by atoms with Crippen molar-refractivity contribution >= 4 is 5.95 Å². The van der Waals surface area contributed by atoms with Crippen LogP contribution >= 0.6 is 0 Å². The summed E-state index contributed by atoms with van der Waals surface area (Å²) in [5, 5.41) is 10.4. The van der Waals surface area contributed by atoms with Crippen molar-refractivity contribution in [3.8, 4) is 0 Å². The summed E-state index contributed by atoms with van der Waals surface area (Å²) >= 11 is 0. The monoisotopic (exact) mass is 290 g/mol. The number of aromatic nitrogens is 2. The minimum atomic E-state index is -4.47. The standard InChI is InChI=1S/C11H13F3N4O2/c1-16-7-9(11(12,13)14)15-10(16)17-4-2-8(3-5-17)6-18(19)20/h2,7H,3-6H2,1H3. The minimum absolute atomic E-state index is 0.216. The number of rotatable bonds is 3. The fourth-order valence-electron chi connectivity index (χ4n) is 2.09. The van der Waals surface area contributed by atoms with Crippen LogP contribution in [0.4, 0.5) is 19.1 Å². The van der Waals surface area contributed by atoms with Crippen LogP contribution in [0.5, 0.6) is 0 Å². The van der Waals surface area contributed by atoms with E-state index in [-0.39, 0.29) is 12.5 Å². The third-order valence-electron chi connectivity index (χ3n) is 3.06. The highest BCUT2D eigenvalue weighted by Gasteiger charge is 2.35. The lowest BCUT2D eigenvalue weighted by Crippen LogP contribution is -2.31. The van der Waals surface area contributed by atoms with Crippen LogP contribution in [0.3, 0.4) is 0 Å². The van der Waals surface area contributed by atoms with Crippen LogP contribution in [0.1, 0.15) is 12.1 Å². The Morgan fingerprint density at radius 2 is 2.20 bits per heavy atom. The smallest absolute Gasteiger partial charge is 0.338 e. The molecule has 0 unspecified atom stereocenters. The molecule has 1 aromatic heterocycles. The van der Waals surface area contributed by atoms with E-state index in [1.807, 2.05) is 0 Å². The fraction of sp³-hybridized carbons (Fsp3) is 0.545. The number of nitro groups is 1. The van der Waals surface area contributed by atoms with Gasteiger partial charge in [0.25, 0.3) is 0 Å². The Bertz CT molecular complexity index is 550. The maximum absolute atomic E-state index is 12.6. The highest BCUT2D eigenvalue weighted by molar-refractivity contribution is 5.37. The Hall–Kier alpha value is -2.06. The first-order chi connectivity index (χ1) is 9.27. The molecular weight excluding hydrogens is 277 g/mol. The van der Waals surface area contributed by atoms with Crippen molar-refractivity contribution in [2.45, 2.75) is 12.6 Å². The molecular formula is C11H13F3N4O2. The van der Waals surface area contributed by atoms with Gasteiger partial charge in [-0.1, -0.05) is 6.08 Å². The van der Waals surface area contributed by atoms with Gasteiger partial charge in [0, 0.05) is 31.3 Å². The van der Waals surface area contributed by atoms with E-state index in [9.17, 15) is 23.3 Å². The molecule has 0 N–H and O–H groups in total. The Kier molecular flexibility index (Phi) is 3.69. The highest BCUT2D eigenvalue weighted by Crippen LogP contribution is 2.30. The molecule has 0 atom stereocenters. The van der Waals surface area contributed by atoms with E-state index in [1.54, 1.807) is 11.0 Å². The van der Waals surface area contributed by atoms with Gasteiger partial charge in [-0.05, 0) is 12.0 Å². The number of hydrogen-bond donors (Lipinski definition) is 0. The van der Waals surface area contributed by atoms with Gasteiger partial charge in [-0.3, -0.25) is 10.1 Å². The second-order valence-corrected chi connectivity index (χ2v) is 4.58. The topological polar surface area (TPSA) is 64.2 Å². The molecule has 0 saturated carbocycles. The molecule has 0 amide bonds. The minimum Gasteiger partial charge on any atom is -0.338 e. The lowest BCUT2D eigenvalue weighted by Gasteiger charge is -2.26. The number of aryl methyl sites for hydroxylation is 1. The van der Waals surface area contributed by atoms with Gasteiger partial charge in [0.15, 0.2) is 5.69 Å². The van der Waals surface area contributed by atoms with Crippen LogP contribution in [0.15, 0.2) is 17.8 Å². The van der Waals surface area contributed by atoms with E-state index in [0.29, 0.717) is 25.1 Å². The average Bonchev–Trinajstić information content (AvgIpc) is 2.71. The third-order valence-corrected chi connectivity index (χ3v) is 3.06. The molecule has 0 bridgehead atoms. The lowest BCUT2D eigenvalue weighted by molar-refractivity contribution is -0.471. The Morgan fingerprint density at radius 3 is 2.65 bits per heavy atom. The summed E-state index contributed by atoms with van der Waals surface area (Å²) in [6.07, 6.45) is -1.41. The molecule has 20 heavy (non-hydrogen) atoms. The molecule has 6 nitrogen and oxygen atoms in total. The van der Waals surface area contributed by atoms with Gasteiger partial charge in [-0.2, -0.15) is 13.2 Å². The van der Waals surface area contributed by atoms with Crippen molar-refractivity contribution in [1.82, 2.24) is 9.55 Å². The SMILES string of the molecule is Cn1cc(C(F)(F)F)nc1N1CC=C(C[N+](=O)[O-])CC1. The Labute approximate surface area is 112 Å². The molecule has 2 rings (SSSR count). The normalized spacial score (nSPS) is 16.2. The van der Waals surface area contributed by atoms with Gasteiger partial charge in [0.05, 0.1) is 0 Å². The summed E-state index contributed by atoms with van der Waals surface area (Å²) in [5.74, 6) is 0.216.